The molecule has 0 aliphatic heterocycles. The number of hydrogen-bond donors (Lipinski definition) is 0. The van der Waals surface area contributed by atoms with Crippen LogP contribution in [0.3, 0.4) is 0 Å². The Labute approximate surface area is 61.7 Å². The highest BCUT2D eigenvalue weighted by Gasteiger charge is 1.74. The molecule has 0 fully saturated rings. The van der Waals surface area contributed by atoms with Crippen LogP contribution in [0.2, 0.25) is 6.04 Å². The fourth-order valence-corrected chi connectivity index (χ4v) is 1.36. The van der Waals surface area contributed by atoms with Gasteiger partial charge in [0.1, 0.15) is 8.83 Å². The molecular weight excluding hydrogens is 170 g/mol. The van der Waals surface area contributed by atoms with Crippen LogP contribution in [0, 0.1) is 0 Å². The van der Waals surface area contributed by atoms with E-state index in [4.69, 9.17) is 22.7 Å². The first-order valence-electron chi connectivity index (χ1n) is 1.91. The Hall–Kier alpha value is 1.09. The number of rotatable bonds is 2. The van der Waals surface area contributed by atoms with Gasteiger partial charge in [0, 0.05) is 12.3 Å². The van der Waals surface area contributed by atoms with E-state index in [-0.39, 0.29) is 8.83 Å². The predicted molar refractivity (Wildman–Crippen MR) is 41.7 cm³/mol. The van der Waals surface area contributed by atoms with Crippen molar-refractivity contribution in [2.45, 2.75) is 6.04 Å². The third-order valence-electron chi connectivity index (χ3n) is 0.267. The topological polar surface area (TPSA) is 0 Å². The Morgan fingerprint density at radius 1 is 1.43 bits per heavy atom. The van der Waals surface area contributed by atoms with Crippen molar-refractivity contribution < 1.29 is 0 Å². The molecule has 0 saturated carbocycles. The fraction of sp³-hybridized carbons (Fsp3) is 1.00. The first kappa shape index (κ1) is 11.0. The van der Waals surface area contributed by atoms with Gasteiger partial charge in [0.15, 0.2) is 0 Å². The summed E-state index contributed by atoms with van der Waals surface area (Å²) in [6.07, 6.45) is 1.47. The predicted octanol–water partition coefficient (Wildman–Crippen LogP) is 1.82. The summed E-state index contributed by atoms with van der Waals surface area (Å²) in [5, 5.41) is 0. The van der Waals surface area contributed by atoms with E-state index >= 15 is 0 Å². The van der Waals surface area contributed by atoms with Gasteiger partial charge >= 0.3 is 0 Å². The van der Waals surface area contributed by atoms with Gasteiger partial charge in [-0.25, -0.2) is 0 Å². The van der Waals surface area contributed by atoms with Crippen molar-refractivity contribution >= 4 is 43.1 Å². The molecule has 0 aromatic carbocycles. The third kappa shape index (κ3) is 19.2. The van der Waals surface area contributed by atoms with E-state index < -0.39 is 0 Å². The van der Waals surface area contributed by atoms with Gasteiger partial charge in [0.05, 0.1) is 0 Å². The van der Waals surface area contributed by atoms with Crippen LogP contribution in [-0.4, -0.2) is 21.1 Å². The Morgan fingerprint density at radius 3 is 1.86 bits per heavy atom. The maximum atomic E-state index is 5.36. The Balaban J connectivity index is 0. The van der Waals surface area contributed by atoms with Gasteiger partial charge < -0.3 is 0 Å². The molecule has 0 aromatic heterocycles. The van der Waals surface area contributed by atoms with E-state index in [1.54, 1.807) is 0 Å². The zero-order chi connectivity index (χ0) is 6.12. The van der Waals surface area contributed by atoms with Crippen LogP contribution in [-0.2, 0) is 0 Å². The van der Waals surface area contributed by atoms with Gasteiger partial charge in [-0.1, -0.05) is 0 Å². The fourth-order valence-electron chi connectivity index (χ4n) is 0.0505. The van der Waals surface area contributed by atoms with Crippen LogP contribution >= 0.6 is 34.3 Å². The van der Waals surface area contributed by atoms with E-state index in [9.17, 15) is 0 Å². The summed E-state index contributed by atoms with van der Waals surface area (Å²) >= 11 is 15.2. The highest BCUT2D eigenvalue weighted by atomic mass is 35.6. The average molecular weight is 180 g/mol. The van der Waals surface area contributed by atoms with Gasteiger partial charge in [-0.2, -0.15) is 11.1 Å². The van der Waals surface area contributed by atoms with Crippen LogP contribution < -0.4 is 0 Å². The van der Waals surface area contributed by atoms with Crippen LogP contribution in [0.15, 0.2) is 0 Å². The molecule has 0 unspecified atom stereocenters. The van der Waals surface area contributed by atoms with Crippen molar-refractivity contribution in [3.8, 4) is 0 Å². The minimum Gasteiger partial charge on any atom is -0.176 e. The Bertz CT molecular complexity index is 17.7. The van der Waals surface area contributed by atoms with Gasteiger partial charge in [-0.3, -0.25) is 0 Å². The molecule has 0 spiro atoms. The van der Waals surface area contributed by atoms with Crippen molar-refractivity contribution in [2.24, 2.45) is 0 Å². The Morgan fingerprint density at radius 2 is 1.86 bits per heavy atom. The van der Waals surface area contributed by atoms with Crippen molar-refractivity contribution in [2.75, 3.05) is 12.3 Å². The lowest BCUT2D eigenvalue weighted by Gasteiger charge is -1.74. The number of halogens is 3. The van der Waals surface area contributed by atoms with Crippen LogP contribution in [0.25, 0.3) is 0 Å². The van der Waals surface area contributed by atoms with Crippen molar-refractivity contribution in [3.05, 3.63) is 0 Å². The molecule has 7 heavy (non-hydrogen) atoms. The monoisotopic (exact) mass is 178 g/mol. The molecule has 0 N–H and O–H groups in total. The molecule has 0 radical (unpaired) electrons. The minimum atomic E-state index is -0.246. The first-order valence-corrected chi connectivity index (χ1v) is 6.34. The zero-order valence-electron chi connectivity index (χ0n) is 4.26. The summed E-state index contributed by atoms with van der Waals surface area (Å²) in [5.74, 6) is 0.746. The van der Waals surface area contributed by atoms with E-state index in [1.807, 2.05) is 0 Å². The second-order valence-electron chi connectivity index (χ2n) is 0.732. The summed E-state index contributed by atoms with van der Waals surface area (Å²) in [7, 11) is -0.246. The summed E-state index contributed by atoms with van der Waals surface area (Å²) in [6, 6.07) is 1.06. The largest absolute Gasteiger partial charge is 0.176 e. The SMILES string of the molecule is CCl.ClCC[SiH2]Cl. The summed E-state index contributed by atoms with van der Waals surface area (Å²) in [6.45, 7) is 0. The lowest BCUT2D eigenvalue weighted by atomic mass is 11.0. The molecule has 0 atom stereocenters. The van der Waals surface area contributed by atoms with E-state index in [0.717, 1.165) is 11.9 Å². The van der Waals surface area contributed by atoms with Crippen LogP contribution in [0.1, 0.15) is 0 Å². The zero-order valence-corrected chi connectivity index (χ0v) is 7.94. The summed E-state index contributed by atoms with van der Waals surface area (Å²) in [4.78, 5) is 0. The highest BCUT2D eigenvalue weighted by molar-refractivity contribution is 6.93. The van der Waals surface area contributed by atoms with E-state index in [1.165, 1.54) is 6.38 Å². The molecular formula is C3H9Cl3Si. The van der Waals surface area contributed by atoms with Gasteiger partial charge in [-0.15, -0.1) is 23.2 Å². The van der Waals surface area contributed by atoms with Gasteiger partial charge in [0.2, 0.25) is 0 Å². The Kier molecular flexibility index (Phi) is 24.6. The number of alkyl halides is 2. The molecule has 0 saturated heterocycles. The van der Waals surface area contributed by atoms with Gasteiger partial charge in [0.25, 0.3) is 0 Å². The van der Waals surface area contributed by atoms with E-state index in [0.29, 0.717) is 0 Å². The summed E-state index contributed by atoms with van der Waals surface area (Å²) < 4.78 is 0. The first-order chi connectivity index (χ1) is 3.41. The summed E-state index contributed by atoms with van der Waals surface area (Å²) in [5.41, 5.74) is 0. The molecule has 0 aliphatic rings. The lowest BCUT2D eigenvalue weighted by Crippen LogP contribution is -1.74. The molecule has 0 bridgehead atoms. The van der Waals surface area contributed by atoms with Crippen LogP contribution in [0.4, 0.5) is 0 Å². The van der Waals surface area contributed by atoms with Crippen molar-refractivity contribution in [1.82, 2.24) is 0 Å². The average Bonchev–Trinajstić information content (AvgIpc) is 1.75. The quantitative estimate of drug-likeness (QED) is 0.345. The maximum absolute atomic E-state index is 5.36. The molecule has 0 amide bonds. The maximum Gasteiger partial charge on any atom is 0.126 e. The molecule has 4 heteroatoms. The molecule has 0 aliphatic carbocycles. The van der Waals surface area contributed by atoms with Gasteiger partial charge in [-0.05, 0) is 6.04 Å². The highest BCUT2D eigenvalue weighted by Crippen LogP contribution is 1.83. The minimum absolute atomic E-state index is 0.246. The molecule has 0 nitrogen and oxygen atoms in total. The number of hydrogen-bond acceptors (Lipinski definition) is 0. The lowest BCUT2D eigenvalue weighted by molar-refractivity contribution is 1.48. The second kappa shape index (κ2) is 15.7. The van der Waals surface area contributed by atoms with Crippen LogP contribution in [0.5, 0.6) is 0 Å². The second-order valence-corrected chi connectivity index (χ2v) is 3.33. The molecule has 0 aromatic rings. The normalized spacial score (nSPS) is 8.57. The van der Waals surface area contributed by atoms with Crippen molar-refractivity contribution in [3.63, 3.8) is 0 Å². The molecule has 0 heterocycles. The third-order valence-corrected chi connectivity index (χ3v) is 2.41. The smallest absolute Gasteiger partial charge is 0.126 e. The molecule has 0 rings (SSSR count). The van der Waals surface area contributed by atoms with Crippen molar-refractivity contribution in [1.29, 1.82) is 0 Å². The molecule has 46 valence electrons. The standard InChI is InChI=1S/C2H6Cl2Si.CH3Cl/c3-1-2-5-4;1-2/h1-2,5H2;1H3. The van der Waals surface area contributed by atoms with E-state index in [2.05, 4.69) is 11.6 Å².